The third kappa shape index (κ3) is 4.79. The van der Waals surface area contributed by atoms with Crippen LogP contribution < -0.4 is 10.1 Å². The van der Waals surface area contributed by atoms with Crippen LogP contribution in [0.25, 0.3) is 0 Å². The third-order valence-electron chi connectivity index (χ3n) is 2.88. The Kier molecular flexibility index (Phi) is 5.23. The van der Waals surface area contributed by atoms with Crippen LogP contribution in [0.1, 0.15) is 28.5 Å². The highest BCUT2D eigenvalue weighted by Crippen LogP contribution is 2.27. The van der Waals surface area contributed by atoms with E-state index in [1.54, 1.807) is 19.1 Å². The molecule has 5 nitrogen and oxygen atoms in total. The predicted molar refractivity (Wildman–Crippen MR) is 82.3 cm³/mol. The maximum absolute atomic E-state index is 12.3. The van der Waals surface area contributed by atoms with Crippen LogP contribution in [-0.4, -0.2) is 22.4 Å². The number of alkyl halides is 3. The molecule has 0 saturated heterocycles. The van der Waals surface area contributed by atoms with Crippen molar-refractivity contribution in [1.29, 1.82) is 0 Å². The number of aromatic nitrogens is 1. The van der Waals surface area contributed by atoms with Gasteiger partial charge in [0.2, 0.25) is 0 Å². The molecule has 0 bridgehead atoms. The first-order valence-corrected chi connectivity index (χ1v) is 7.55. The zero-order valence-corrected chi connectivity index (χ0v) is 13.5. The standard InChI is InChI=1S/C15H13F3N2O3S/c1-8-4-3-5-11(13(8)23-9(2)21)14(22)19-12-6-10(20-24-12)7-15(16,17)18/h3-6H,7H2,1-2H3,(H,19,22). The molecule has 1 aromatic heterocycles. The lowest BCUT2D eigenvalue weighted by atomic mass is 10.1. The highest BCUT2D eigenvalue weighted by Gasteiger charge is 2.29. The summed E-state index contributed by atoms with van der Waals surface area (Å²) in [5.74, 6) is -1.07. The van der Waals surface area contributed by atoms with E-state index in [0.29, 0.717) is 5.56 Å². The van der Waals surface area contributed by atoms with Crippen molar-refractivity contribution in [3.63, 3.8) is 0 Å². The first-order valence-electron chi connectivity index (χ1n) is 6.77. The van der Waals surface area contributed by atoms with Crippen LogP contribution in [0.5, 0.6) is 5.75 Å². The molecule has 1 N–H and O–H groups in total. The lowest BCUT2D eigenvalue weighted by Crippen LogP contribution is -2.15. The van der Waals surface area contributed by atoms with E-state index < -0.39 is 24.5 Å². The first kappa shape index (κ1) is 17.9. The molecule has 0 unspecified atom stereocenters. The minimum atomic E-state index is -4.37. The lowest BCUT2D eigenvalue weighted by molar-refractivity contribution is -0.132. The monoisotopic (exact) mass is 358 g/mol. The zero-order valence-electron chi connectivity index (χ0n) is 12.7. The maximum Gasteiger partial charge on any atom is 0.394 e. The van der Waals surface area contributed by atoms with Crippen molar-refractivity contribution in [2.75, 3.05) is 5.32 Å². The van der Waals surface area contributed by atoms with Crippen molar-refractivity contribution in [3.8, 4) is 5.75 Å². The number of carbonyl (C=O) groups is 2. The Labute approximate surface area is 139 Å². The smallest absolute Gasteiger partial charge is 0.394 e. The summed E-state index contributed by atoms with van der Waals surface area (Å²) in [6.45, 7) is 2.88. The normalized spacial score (nSPS) is 11.2. The highest BCUT2D eigenvalue weighted by molar-refractivity contribution is 7.10. The second-order valence-corrected chi connectivity index (χ2v) is 5.78. The van der Waals surface area contributed by atoms with Crippen molar-refractivity contribution in [2.24, 2.45) is 0 Å². The van der Waals surface area contributed by atoms with E-state index >= 15 is 0 Å². The molecular formula is C15H13F3N2O3S. The summed E-state index contributed by atoms with van der Waals surface area (Å²) in [5.41, 5.74) is 0.517. The average Bonchev–Trinajstić information content (AvgIpc) is 2.85. The van der Waals surface area contributed by atoms with E-state index in [1.165, 1.54) is 13.0 Å². The molecule has 24 heavy (non-hydrogen) atoms. The number of rotatable bonds is 4. The molecule has 2 rings (SSSR count). The number of hydrogen-bond acceptors (Lipinski definition) is 5. The van der Waals surface area contributed by atoms with Crippen LogP contribution in [0, 0.1) is 6.92 Å². The molecular weight excluding hydrogens is 345 g/mol. The van der Waals surface area contributed by atoms with Gasteiger partial charge in [0.05, 0.1) is 17.7 Å². The van der Waals surface area contributed by atoms with E-state index in [2.05, 4.69) is 9.69 Å². The molecule has 1 aromatic carbocycles. The number of nitrogens with one attached hydrogen (secondary N) is 1. The summed E-state index contributed by atoms with van der Waals surface area (Å²) in [4.78, 5) is 23.5. The van der Waals surface area contributed by atoms with Gasteiger partial charge in [0.1, 0.15) is 10.8 Å². The van der Waals surface area contributed by atoms with Gasteiger partial charge in [-0.3, -0.25) is 9.59 Å². The van der Waals surface area contributed by atoms with Crippen molar-refractivity contribution >= 4 is 28.4 Å². The molecule has 0 aliphatic rings. The van der Waals surface area contributed by atoms with Gasteiger partial charge in [0, 0.05) is 6.92 Å². The number of esters is 1. The number of aryl methyl sites for hydroxylation is 1. The summed E-state index contributed by atoms with van der Waals surface area (Å²) < 4.78 is 45.7. The van der Waals surface area contributed by atoms with Gasteiger partial charge in [-0.15, -0.1) is 0 Å². The van der Waals surface area contributed by atoms with Crippen molar-refractivity contribution in [1.82, 2.24) is 4.37 Å². The Morgan fingerprint density at radius 2 is 2.04 bits per heavy atom. The summed E-state index contributed by atoms with van der Waals surface area (Å²) in [7, 11) is 0. The van der Waals surface area contributed by atoms with Gasteiger partial charge in [0.25, 0.3) is 5.91 Å². The van der Waals surface area contributed by atoms with E-state index in [4.69, 9.17) is 4.74 Å². The number of amides is 1. The van der Waals surface area contributed by atoms with Crippen molar-refractivity contribution < 1.29 is 27.5 Å². The average molecular weight is 358 g/mol. The largest absolute Gasteiger partial charge is 0.426 e. The molecule has 9 heteroatoms. The van der Waals surface area contributed by atoms with Gasteiger partial charge in [-0.25, -0.2) is 0 Å². The fourth-order valence-electron chi connectivity index (χ4n) is 1.95. The molecule has 0 saturated carbocycles. The number of para-hydroxylation sites is 1. The molecule has 1 amide bonds. The minimum Gasteiger partial charge on any atom is -0.426 e. The van der Waals surface area contributed by atoms with Crippen LogP contribution >= 0.6 is 11.5 Å². The molecule has 0 aliphatic carbocycles. The maximum atomic E-state index is 12.3. The molecule has 0 spiro atoms. The van der Waals surface area contributed by atoms with Crippen LogP contribution in [0.15, 0.2) is 24.3 Å². The number of nitrogens with zero attached hydrogens (tertiary/aromatic N) is 1. The number of anilines is 1. The van der Waals surface area contributed by atoms with E-state index in [1.807, 2.05) is 0 Å². The highest BCUT2D eigenvalue weighted by atomic mass is 32.1. The molecule has 128 valence electrons. The van der Waals surface area contributed by atoms with Crippen molar-refractivity contribution in [3.05, 3.63) is 41.1 Å². The number of carbonyl (C=O) groups excluding carboxylic acids is 2. The van der Waals surface area contributed by atoms with Gasteiger partial charge < -0.3 is 10.1 Å². The molecule has 0 atom stereocenters. The second kappa shape index (κ2) is 7.00. The minimum absolute atomic E-state index is 0.107. The Bertz CT molecular complexity index is 772. The van der Waals surface area contributed by atoms with E-state index in [-0.39, 0.29) is 22.0 Å². The van der Waals surface area contributed by atoms with Crippen LogP contribution in [0.3, 0.4) is 0 Å². The zero-order chi connectivity index (χ0) is 17.9. The van der Waals surface area contributed by atoms with E-state index in [0.717, 1.165) is 17.6 Å². The topological polar surface area (TPSA) is 68.3 Å². The Hall–Kier alpha value is -2.42. The summed E-state index contributed by atoms with van der Waals surface area (Å²) in [6.07, 6.45) is -5.53. The van der Waals surface area contributed by atoms with Crippen LogP contribution in [0.2, 0.25) is 0 Å². The first-order chi connectivity index (χ1) is 11.2. The fraction of sp³-hybridized carbons (Fsp3) is 0.267. The van der Waals surface area contributed by atoms with Gasteiger partial charge in [0.15, 0.2) is 0 Å². The van der Waals surface area contributed by atoms with Gasteiger partial charge in [-0.1, -0.05) is 12.1 Å². The Morgan fingerprint density at radius 1 is 1.33 bits per heavy atom. The number of halogens is 3. The van der Waals surface area contributed by atoms with Gasteiger partial charge in [-0.05, 0) is 36.2 Å². The molecule has 0 radical (unpaired) electrons. The van der Waals surface area contributed by atoms with E-state index in [9.17, 15) is 22.8 Å². The second-order valence-electron chi connectivity index (χ2n) is 4.97. The Balaban J connectivity index is 2.19. The lowest BCUT2D eigenvalue weighted by Gasteiger charge is -2.11. The molecule has 1 heterocycles. The van der Waals surface area contributed by atoms with Gasteiger partial charge >= 0.3 is 12.1 Å². The number of benzene rings is 1. The summed E-state index contributed by atoms with van der Waals surface area (Å²) >= 11 is 0.747. The van der Waals surface area contributed by atoms with Gasteiger partial charge in [-0.2, -0.15) is 17.5 Å². The predicted octanol–water partition coefficient (Wildman–Crippen LogP) is 3.73. The fourth-order valence-corrected chi connectivity index (χ4v) is 2.61. The summed E-state index contributed by atoms with van der Waals surface area (Å²) in [6, 6.07) is 5.90. The quantitative estimate of drug-likeness (QED) is 0.668. The third-order valence-corrected chi connectivity index (χ3v) is 3.62. The van der Waals surface area contributed by atoms with Crippen LogP contribution in [0.4, 0.5) is 18.2 Å². The molecule has 0 fully saturated rings. The Morgan fingerprint density at radius 3 is 2.67 bits per heavy atom. The van der Waals surface area contributed by atoms with Crippen molar-refractivity contribution in [2.45, 2.75) is 26.4 Å². The number of hydrogen-bond donors (Lipinski definition) is 1. The summed E-state index contributed by atoms with van der Waals surface area (Å²) in [5, 5.41) is 2.64. The van der Waals surface area contributed by atoms with Crippen LogP contribution in [-0.2, 0) is 11.2 Å². The molecule has 0 aliphatic heterocycles. The molecule has 2 aromatic rings. The number of ether oxygens (including phenoxy) is 1. The SMILES string of the molecule is CC(=O)Oc1c(C)cccc1C(=O)Nc1cc(CC(F)(F)F)ns1.